The highest BCUT2D eigenvalue weighted by atomic mass is 35.5. The fourth-order valence-corrected chi connectivity index (χ4v) is 3.34. The van der Waals surface area contributed by atoms with Crippen LogP contribution >= 0.6 is 23.7 Å². The minimum absolute atomic E-state index is 0. The second-order valence-corrected chi connectivity index (χ2v) is 5.65. The van der Waals surface area contributed by atoms with E-state index in [-0.39, 0.29) is 18.3 Å². The number of carbonyl (C=O) groups is 1. The molecule has 102 valence electrons. The lowest BCUT2D eigenvalue weighted by molar-refractivity contribution is 0.0957. The predicted octanol–water partition coefficient (Wildman–Crippen LogP) is 2.52. The lowest BCUT2D eigenvalue weighted by Gasteiger charge is -2.01. The van der Waals surface area contributed by atoms with Gasteiger partial charge in [0.2, 0.25) is 0 Å². The van der Waals surface area contributed by atoms with Crippen molar-refractivity contribution in [1.29, 1.82) is 0 Å². The molecule has 0 saturated heterocycles. The average molecular weight is 289 g/mol. The molecule has 0 radical (unpaired) electrons. The monoisotopic (exact) mass is 288 g/mol. The molecule has 1 aliphatic rings. The van der Waals surface area contributed by atoms with Gasteiger partial charge in [-0.3, -0.25) is 4.79 Å². The molecular weight excluding hydrogens is 268 g/mol. The molecule has 18 heavy (non-hydrogen) atoms. The highest BCUT2D eigenvalue weighted by Crippen LogP contribution is 2.28. The van der Waals surface area contributed by atoms with E-state index >= 15 is 0 Å². The van der Waals surface area contributed by atoms with Crippen LogP contribution in [0.4, 0.5) is 0 Å². The van der Waals surface area contributed by atoms with Crippen molar-refractivity contribution in [3.8, 4) is 0 Å². The normalized spacial score (nSPS) is 14.3. The van der Waals surface area contributed by atoms with Gasteiger partial charge in [-0.1, -0.05) is 6.42 Å². The fraction of sp³-hybridized carbons (Fsp3) is 0.615. The van der Waals surface area contributed by atoms with Crippen LogP contribution in [0.3, 0.4) is 0 Å². The molecule has 1 aliphatic carbocycles. The van der Waals surface area contributed by atoms with Gasteiger partial charge in [0.15, 0.2) is 0 Å². The second kappa shape index (κ2) is 7.77. The Balaban J connectivity index is 0.00000162. The maximum atomic E-state index is 11.9. The van der Waals surface area contributed by atoms with E-state index in [1.807, 2.05) is 0 Å². The van der Waals surface area contributed by atoms with Gasteiger partial charge in [0.05, 0.1) is 4.88 Å². The molecule has 1 heterocycles. The largest absolute Gasteiger partial charge is 0.351 e. The molecule has 0 fully saturated rings. The quantitative estimate of drug-likeness (QED) is 0.661. The van der Waals surface area contributed by atoms with Crippen LogP contribution in [0.2, 0.25) is 0 Å². The Morgan fingerprint density at radius 3 is 2.89 bits per heavy atom. The summed E-state index contributed by atoms with van der Waals surface area (Å²) in [6, 6.07) is 2.09. The zero-order valence-corrected chi connectivity index (χ0v) is 12.2. The van der Waals surface area contributed by atoms with Crippen LogP contribution in [-0.2, 0) is 12.8 Å². The van der Waals surface area contributed by atoms with Crippen molar-refractivity contribution in [2.45, 2.75) is 38.5 Å². The number of nitrogens with two attached hydrogens (primary N) is 1. The van der Waals surface area contributed by atoms with E-state index in [1.54, 1.807) is 11.3 Å². The predicted molar refractivity (Wildman–Crippen MR) is 78.8 cm³/mol. The first kappa shape index (κ1) is 15.5. The van der Waals surface area contributed by atoms with Crippen LogP contribution in [0.15, 0.2) is 6.07 Å². The molecule has 0 saturated carbocycles. The molecule has 2 rings (SSSR count). The SMILES string of the molecule is Cl.NCCCNC(=O)c1cc2c(s1)CCCCC2. The summed E-state index contributed by atoms with van der Waals surface area (Å²) in [5, 5.41) is 2.92. The molecule has 1 aromatic heterocycles. The topological polar surface area (TPSA) is 55.1 Å². The molecule has 0 aromatic carbocycles. The van der Waals surface area contributed by atoms with Crippen LogP contribution in [0.25, 0.3) is 0 Å². The van der Waals surface area contributed by atoms with Crippen LogP contribution in [0.5, 0.6) is 0 Å². The number of nitrogens with one attached hydrogen (secondary N) is 1. The minimum Gasteiger partial charge on any atom is -0.351 e. The molecule has 5 heteroatoms. The third kappa shape index (κ3) is 3.97. The summed E-state index contributed by atoms with van der Waals surface area (Å²) >= 11 is 1.67. The number of carbonyl (C=O) groups excluding carboxylic acids is 1. The Bertz CT molecular complexity index is 369. The third-order valence-corrected chi connectivity index (χ3v) is 4.37. The van der Waals surface area contributed by atoms with E-state index in [4.69, 9.17) is 5.73 Å². The molecule has 0 aliphatic heterocycles. The number of rotatable bonds is 4. The van der Waals surface area contributed by atoms with Gasteiger partial charge in [-0.15, -0.1) is 23.7 Å². The lowest BCUT2D eigenvalue weighted by Crippen LogP contribution is -2.25. The maximum Gasteiger partial charge on any atom is 0.261 e. The molecule has 3 N–H and O–H groups in total. The highest BCUT2D eigenvalue weighted by Gasteiger charge is 2.15. The number of fused-ring (bicyclic) bond motifs is 1. The van der Waals surface area contributed by atoms with Gasteiger partial charge in [0.25, 0.3) is 5.91 Å². The standard InChI is InChI=1S/C13H20N2OS.ClH/c14-7-4-8-15-13(16)12-9-10-5-2-1-3-6-11(10)17-12;/h9H,1-8,14H2,(H,15,16);1H. The Labute approximate surface area is 119 Å². The smallest absolute Gasteiger partial charge is 0.261 e. The lowest BCUT2D eigenvalue weighted by atomic mass is 10.1. The van der Waals surface area contributed by atoms with Crippen molar-refractivity contribution in [3.63, 3.8) is 0 Å². The number of amides is 1. The van der Waals surface area contributed by atoms with Crippen LogP contribution < -0.4 is 11.1 Å². The first-order valence-electron chi connectivity index (χ1n) is 6.41. The summed E-state index contributed by atoms with van der Waals surface area (Å²) in [4.78, 5) is 14.2. The Kier molecular flexibility index (Phi) is 6.68. The Morgan fingerprint density at radius 1 is 1.33 bits per heavy atom. The first-order chi connectivity index (χ1) is 8.31. The van der Waals surface area contributed by atoms with Gasteiger partial charge in [-0.2, -0.15) is 0 Å². The summed E-state index contributed by atoms with van der Waals surface area (Å²) in [6.07, 6.45) is 6.98. The first-order valence-corrected chi connectivity index (χ1v) is 7.23. The Hall–Kier alpha value is -0.580. The molecule has 3 nitrogen and oxygen atoms in total. The van der Waals surface area contributed by atoms with Gasteiger partial charge >= 0.3 is 0 Å². The van der Waals surface area contributed by atoms with E-state index < -0.39 is 0 Å². The fourth-order valence-electron chi connectivity index (χ4n) is 2.17. The van der Waals surface area contributed by atoms with Crippen LogP contribution in [0, 0.1) is 0 Å². The van der Waals surface area contributed by atoms with Crippen LogP contribution in [-0.4, -0.2) is 19.0 Å². The summed E-state index contributed by atoms with van der Waals surface area (Å²) < 4.78 is 0. The van der Waals surface area contributed by atoms with Crippen molar-refractivity contribution in [1.82, 2.24) is 5.32 Å². The molecule has 0 bridgehead atoms. The zero-order valence-electron chi connectivity index (χ0n) is 10.5. The molecule has 0 spiro atoms. The van der Waals surface area contributed by atoms with E-state index in [0.717, 1.165) is 24.1 Å². The highest BCUT2D eigenvalue weighted by molar-refractivity contribution is 7.14. The zero-order chi connectivity index (χ0) is 12.1. The summed E-state index contributed by atoms with van der Waals surface area (Å²) in [5.74, 6) is 0.0662. The van der Waals surface area contributed by atoms with Gasteiger partial charge in [0, 0.05) is 11.4 Å². The van der Waals surface area contributed by atoms with Gasteiger partial charge < -0.3 is 11.1 Å². The van der Waals surface area contributed by atoms with E-state index in [1.165, 1.54) is 29.7 Å². The second-order valence-electron chi connectivity index (χ2n) is 4.52. The number of hydrogen-bond donors (Lipinski definition) is 2. The third-order valence-electron chi connectivity index (χ3n) is 3.14. The van der Waals surface area contributed by atoms with E-state index in [2.05, 4.69) is 11.4 Å². The maximum absolute atomic E-state index is 11.9. The van der Waals surface area contributed by atoms with E-state index in [9.17, 15) is 4.79 Å². The van der Waals surface area contributed by atoms with Crippen molar-refractivity contribution in [2.75, 3.05) is 13.1 Å². The van der Waals surface area contributed by atoms with E-state index in [0.29, 0.717) is 13.1 Å². The van der Waals surface area contributed by atoms with Crippen molar-refractivity contribution in [2.24, 2.45) is 5.73 Å². The summed E-state index contributed by atoms with van der Waals surface area (Å²) in [5.41, 5.74) is 6.80. The number of halogens is 1. The molecular formula is C13H21ClN2OS. The van der Waals surface area contributed by atoms with Crippen molar-refractivity contribution < 1.29 is 4.79 Å². The minimum atomic E-state index is 0. The average Bonchev–Trinajstić information content (AvgIpc) is 2.61. The van der Waals surface area contributed by atoms with Gasteiger partial charge in [-0.05, 0) is 50.3 Å². The number of thiophene rings is 1. The van der Waals surface area contributed by atoms with Gasteiger partial charge in [-0.25, -0.2) is 0 Å². The molecule has 1 aromatic rings. The summed E-state index contributed by atoms with van der Waals surface area (Å²) in [7, 11) is 0. The molecule has 0 atom stereocenters. The summed E-state index contributed by atoms with van der Waals surface area (Å²) in [6.45, 7) is 1.30. The van der Waals surface area contributed by atoms with Crippen molar-refractivity contribution in [3.05, 3.63) is 21.4 Å². The number of aryl methyl sites for hydroxylation is 2. The molecule has 1 amide bonds. The van der Waals surface area contributed by atoms with Gasteiger partial charge in [0.1, 0.15) is 0 Å². The van der Waals surface area contributed by atoms with Crippen molar-refractivity contribution >= 4 is 29.7 Å². The molecule has 0 unspecified atom stereocenters. The Morgan fingerprint density at radius 2 is 2.11 bits per heavy atom. The number of hydrogen-bond acceptors (Lipinski definition) is 3. The van der Waals surface area contributed by atoms with Crippen LogP contribution in [0.1, 0.15) is 45.8 Å².